The molecule has 0 radical (unpaired) electrons. The van der Waals surface area contributed by atoms with Crippen molar-refractivity contribution in [1.82, 2.24) is 9.55 Å². The molecule has 1 heterocycles. The molecule has 0 aliphatic heterocycles. The third-order valence-corrected chi connectivity index (χ3v) is 4.32. The molecule has 0 unspecified atom stereocenters. The van der Waals surface area contributed by atoms with Gasteiger partial charge in [0, 0.05) is 18.1 Å². The van der Waals surface area contributed by atoms with Gasteiger partial charge in [0.05, 0.1) is 29.0 Å². The zero-order valence-corrected chi connectivity index (χ0v) is 13.6. The first-order chi connectivity index (χ1) is 10.1. The summed E-state index contributed by atoms with van der Waals surface area (Å²) in [6.07, 6.45) is 2.78. The molecule has 118 valence electrons. The number of methoxy groups -OCH3 is 1. The van der Waals surface area contributed by atoms with Crippen molar-refractivity contribution in [1.29, 1.82) is 0 Å². The van der Waals surface area contributed by atoms with Crippen LogP contribution in [0.15, 0.2) is 23.2 Å². The van der Waals surface area contributed by atoms with Gasteiger partial charge in [-0.3, -0.25) is 0 Å². The standard InChI is InChI=1S/C14H17N3O4S/c1-8-7-17(9(2)16-8)12-6-11(15)10(14(18)21-3)5-13(12)22(4,19)20/h5-7H,15H2,1-4H3. The number of esters is 1. The van der Waals surface area contributed by atoms with Crippen LogP contribution < -0.4 is 5.73 Å². The molecule has 8 heteroatoms. The van der Waals surface area contributed by atoms with E-state index < -0.39 is 15.8 Å². The van der Waals surface area contributed by atoms with E-state index in [1.54, 1.807) is 24.6 Å². The van der Waals surface area contributed by atoms with Crippen LogP contribution >= 0.6 is 0 Å². The van der Waals surface area contributed by atoms with Gasteiger partial charge in [0.15, 0.2) is 9.84 Å². The van der Waals surface area contributed by atoms with E-state index in [9.17, 15) is 13.2 Å². The number of carbonyl (C=O) groups excluding carboxylic acids is 1. The van der Waals surface area contributed by atoms with Gasteiger partial charge in [-0.05, 0) is 26.0 Å². The summed E-state index contributed by atoms with van der Waals surface area (Å²) < 4.78 is 30.4. The summed E-state index contributed by atoms with van der Waals surface area (Å²) in [6.45, 7) is 3.55. The summed E-state index contributed by atoms with van der Waals surface area (Å²) >= 11 is 0. The lowest BCUT2D eigenvalue weighted by Crippen LogP contribution is -2.12. The Kier molecular flexibility index (Phi) is 3.97. The average molecular weight is 323 g/mol. The predicted molar refractivity (Wildman–Crippen MR) is 81.9 cm³/mol. The molecule has 0 atom stereocenters. The highest BCUT2D eigenvalue weighted by molar-refractivity contribution is 7.90. The number of hydrogen-bond donors (Lipinski definition) is 1. The number of anilines is 1. The van der Waals surface area contributed by atoms with E-state index >= 15 is 0 Å². The summed E-state index contributed by atoms with van der Waals surface area (Å²) in [7, 11) is -2.37. The van der Waals surface area contributed by atoms with Crippen molar-refractivity contribution in [2.24, 2.45) is 0 Å². The van der Waals surface area contributed by atoms with E-state index in [2.05, 4.69) is 9.72 Å². The summed E-state index contributed by atoms with van der Waals surface area (Å²) in [5.41, 5.74) is 7.12. The lowest BCUT2D eigenvalue weighted by Gasteiger charge is -2.14. The fourth-order valence-corrected chi connectivity index (χ4v) is 3.09. The number of hydrogen-bond acceptors (Lipinski definition) is 6. The molecule has 0 saturated heterocycles. The number of carbonyl (C=O) groups is 1. The van der Waals surface area contributed by atoms with Crippen molar-refractivity contribution in [3.05, 3.63) is 35.4 Å². The molecule has 2 aromatic rings. The number of imidazole rings is 1. The number of nitrogens with zero attached hydrogens (tertiary/aromatic N) is 2. The molecule has 0 amide bonds. The van der Waals surface area contributed by atoms with Crippen LogP contribution in [-0.4, -0.2) is 37.3 Å². The van der Waals surface area contributed by atoms with Gasteiger partial charge in [0.25, 0.3) is 0 Å². The van der Waals surface area contributed by atoms with Crippen molar-refractivity contribution in [2.75, 3.05) is 19.1 Å². The highest BCUT2D eigenvalue weighted by atomic mass is 32.2. The first kappa shape index (κ1) is 16.0. The molecule has 2 rings (SSSR count). The van der Waals surface area contributed by atoms with E-state index in [0.29, 0.717) is 11.5 Å². The van der Waals surface area contributed by atoms with Crippen LogP contribution in [0.3, 0.4) is 0 Å². The molecule has 2 N–H and O–H groups in total. The van der Waals surface area contributed by atoms with Crippen molar-refractivity contribution in [3.63, 3.8) is 0 Å². The molecule has 7 nitrogen and oxygen atoms in total. The maximum atomic E-state index is 12.1. The van der Waals surface area contributed by atoms with E-state index in [-0.39, 0.29) is 16.1 Å². The smallest absolute Gasteiger partial charge is 0.340 e. The van der Waals surface area contributed by atoms with E-state index in [0.717, 1.165) is 11.9 Å². The second-order valence-electron chi connectivity index (χ2n) is 4.97. The Labute approximate surface area is 128 Å². The van der Waals surface area contributed by atoms with Crippen LogP contribution in [0.4, 0.5) is 5.69 Å². The number of ether oxygens (including phenoxy) is 1. The van der Waals surface area contributed by atoms with E-state index in [4.69, 9.17) is 5.73 Å². The maximum absolute atomic E-state index is 12.1. The third kappa shape index (κ3) is 2.82. The van der Waals surface area contributed by atoms with Gasteiger partial charge in [-0.2, -0.15) is 0 Å². The second-order valence-corrected chi connectivity index (χ2v) is 6.95. The number of nitrogen functional groups attached to an aromatic ring is 1. The fourth-order valence-electron chi connectivity index (χ4n) is 2.22. The van der Waals surface area contributed by atoms with Gasteiger partial charge in [-0.1, -0.05) is 0 Å². The fraction of sp³-hybridized carbons (Fsp3) is 0.286. The molecule has 1 aromatic heterocycles. The van der Waals surface area contributed by atoms with Gasteiger partial charge in [-0.15, -0.1) is 0 Å². The second kappa shape index (κ2) is 5.45. The number of rotatable bonds is 3. The normalized spacial score (nSPS) is 11.5. The summed E-state index contributed by atoms with van der Waals surface area (Å²) in [5, 5.41) is 0. The van der Waals surface area contributed by atoms with E-state index in [1.807, 2.05) is 0 Å². The molecule has 1 aromatic carbocycles. The summed E-state index contributed by atoms with van der Waals surface area (Å²) in [5.74, 6) is -0.0694. The van der Waals surface area contributed by atoms with Crippen molar-refractivity contribution in [2.45, 2.75) is 18.7 Å². The Morgan fingerprint density at radius 1 is 1.32 bits per heavy atom. The van der Waals surface area contributed by atoms with Crippen molar-refractivity contribution < 1.29 is 17.9 Å². The number of aryl methyl sites for hydroxylation is 2. The summed E-state index contributed by atoms with van der Waals surface area (Å²) in [6, 6.07) is 2.68. The first-order valence-electron chi connectivity index (χ1n) is 6.40. The van der Waals surface area contributed by atoms with Crippen LogP contribution in [0.5, 0.6) is 0 Å². The highest BCUT2D eigenvalue weighted by Crippen LogP contribution is 2.28. The molecular weight excluding hydrogens is 306 g/mol. The van der Waals surface area contributed by atoms with E-state index in [1.165, 1.54) is 19.2 Å². The topological polar surface area (TPSA) is 104 Å². The molecule has 0 fully saturated rings. The average Bonchev–Trinajstić information content (AvgIpc) is 2.75. The number of nitrogens with two attached hydrogens (primary N) is 1. The molecule has 0 spiro atoms. The van der Waals surface area contributed by atoms with Gasteiger partial charge < -0.3 is 15.0 Å². The molecule has 22 heavy (non-hydrogen) atoms. The van der Waals surface area contributed by atoms with Crippen molar-refractivity contribution >= 4 is 21.5 Å². The summed E-state index contributed by atoms with van der Waals surface area (Å²) in [4.78, 5) is 16.0. The Hall–Kier alpha value is -2.35. The number of benzene rings is 1. The SMILES string of the molecule is COC(=O)c1cc(S(C)(=O)=O)c(-n2cc(C)nc2C)cc1N. The lowest BCUT2D eigenvalue weighted by molar-refractivity contribution is 0.0601. The molecule has 0 aliphatic carbocycles. The van der Waals surface area contributed by atoms with Gasteiger partial charge in [-0.25, -0.2) is 18.2 Å². The Bertz CT molecular complexity index is 853. The minimum atomic E-state index is -3.58. The van der Waals surface area contributed by atoms with Gasteiger partial charge in [0.1, 0.15) is 5.82 Å². The largest absolute Gasteiger partial charge is 0.465 e. The van der Waals surface area contributed by atoms with Crippen LogP contribution in [0.25, 0.3) is 5.69 Å². The Morgan fingerprint density at radius 3 is 2.41 bits per heavy atom. The quantitative estimate of drug-likeness (QED) is 0.673. The molecular formula is C14H17N3O4S. The number of aromatic nitrogens is 2. The molecule has 0 bridgehead atoms. The van der Waals surface area contributed by atoms with Crippen LogP contribution in [-0.2, 0) is 14.6 Å². The van der Waals surface area contributed by atoms with Crippen molar-refractivity contribution in [3.8, 4) is 5.69 Å². The Morgan fingerprint density at radius 2 is 1.95 bits per heavy atom. The van der Waals surface area contributed by atoms with Gasteiger partial charge >= 0.3 is 5.97 Å². The monoisotopic (exact) mass is 323 g/mol. The third-order valence-electron chi connectivity index (χ3n) is 3.20. The zero-order valence-electron chi connectivity index (χ0n) is 12.7. The predicted octanol–water partition coefficient (Wildman–Crippen LogP) is 1.26. The first-order valence-corrected chi connectivity index (χ1v) is 8.29. The van der Waals surface area contributed by atoms with Crippen LogP contribution in [0, 0.1) is 13.8 Å². The highest BCUT2D eigenvalue weighted by Gasteiger charge is 2.22. The van der Waals surface area contributed by atoms with Gasteiger partial charge in [0.2, 0.25) is 0 Å². The molecule has 0 saturated carbocycles. The molecule has 0 aliphatic rings. The minimum absolute atomic E-state index is 0.0115. The zero-order chi connectivity index (χ0) is 16.7. The Balaban J connectivity index is 2.82. The maximum Gasteiger partial charge on any atom is 0.340 e. The minimum Gasteiger partial charge on any atom is -0.465 e. The number of sulfone groups is 1. The lowest BCUT2D eigenvalue weighted by atomic mass is 10.1. The van der Waals surface area contributed by atoms with Crippen LogP contribution in [0.2, 0.25) is 0 Å². The van der Waals surface area contributed by atoms with Crippen LogP contribution in [0.1, 0.15) is 21.9 Å².